The van der Waals surface area contributed by atoms with Gasteiger partial charge in [-0.1, -0.05) is 13.3 Å². The highest BCUT2D eigenvalue weighted by Crippen LogP contribution is 2.28. The van der Waals surface area contributed by atoms with E-state index in [-0.39, 0.29) is 0 Å². The lowest BCUT2D eigenvalue weighted by molar-refractivity contribution is 0.123. The molecule has 0 spiro atoms. The fourth-order valence-corrected chi connectivity index (χ4v) is 2.04. The molecule has 0 aromatic carbocycles. The Kier molecular flexibility index (Phi) is 10.3. The van der Waals surface area contributed by atoms with E-state index in [1.54, 1.807) is 0 Å². The van der Waals surface area contributed by atoms with Crippen LogP contribution in [0.5, 0.6) is 0 Å². The number of guanidine groups is 1. The number of unbranched alkanes of at least 4 members (excludes halogenated alkanes) is 1. The third-order valence-corrected chi connectivity index (χ3v) is 3.71. The van der Waals surface area contributed by atoms with Crippen LogP contribution in [0.25, 0.3) is 0 Å². The van der Waals surface area contributed by atoms with Crippen LogP contribution in [0.3, 0.4) is 0 Å². The van der Waals surface area contributed by atoms with E-state index in [1.807, 2.05) is 7.05 Å². The molecule has 0 bridgehead atoms. The van der Waals surface area contributed by atoms with Crippen molar-refractivity contribution in [3.05, 3.63) is 0 Å². The fourth-order valence-electron chi connectivity index (χ4n) is 2.04. The van der Waals surface area contributed by atoms with Gasteiger partial charge in [0.2, 0.25) is 0 Å². The summed E-state index contributed by atoms with van der Waals surface area (Å²) in [5, 5.41) is 6.68. The van der Waals surface area contributed by atoms with Gasteiger partial charge in [-0.2, -0.15) is 0 Å². The fraction of sp³-hybridized carbons (Fsp3) is 0.938. The maximum Gasteiger partial charge on any atom is 0.191 e. The first-order valence-corrected chi connectivity index (χ1v) is 8.47. The van der Waals surface area contributed by atoms with Gasteiger partial charge in [-0.3, -0.25) is 4.99 Å². The lowest BCUT2D eigenvalue weighted by Crippen LogP contribution is -2.41. The predicted octanol–water partition coefficient (Wildman–Crippen LogP) is 1.70. The largest absolute Gasteiger partial charge is 0.381 e. The van der Waals surface area contributed by atoms with Gasteiger partial charge in [0.25, 0.3) is 0 Å². The third-order valence-electron chi connectivity index (χ3n) is 3.71. The molecule has 124 valence electrons. The molecule has 5 heteroatoms. The van der Waals surface area contributed by atoms with E-state index in [4.69, 9.17) is 4.74 Å². The van der Waals surface area contributed by atoms with Gasteiger partial charge >= 0.3 is 0 Å². The molecule has 0 amide bonds. The van der Waals surface area contributed by atoms with Gasteiger partial charge in [-0.25, -0.2) is 0 Å². The van der Waals surface area contributed by atoms with Crippen LogP contribution in [0.4, 0.5) is 0 Å². The maximum absolute atomic E-state index is 5.62. The minimum atomic E-state index is 0.847. The quantitative estimate of drug-likeness (QED) is 0.327. The molecule has 0 aliphatic heterocycles. The summed E-state index contributed by atoms with van der Waals surface area (Å²) in [4.78, 5) is 6.59. The van der Waals surface area contributed by atoms with Crippen LogP contribution in [-0.4, -0.2) is 64.3 Å². The molecule has 1 aliphatic carbocycles. The summed E-state index contributed by atoms with van der Waals surface area (Å²) in [5.74, 6) is 1.75. The summed E-state index contributed by atoms with van der Waals surface area (Å²) in [7, 11) is 3.99. The molecule has 2 N–H and O–H groups in total. The van der Waals surface area contributed by atoms with Crippen molar-refractivity contribution in [2.45, 2.75) is 39.0 Å². The number of aliphatic imine (C=N–C) groups is 1. The summed E-state index contributed by atoms with van der Waals surface area (Å²) in [6, 6.07) is 0. The first-order chi connectivity index (χ1) is 10.3. The first kappa shape index (κ1) is 18.2. The van der Waals surface area contributed by atoms with Gasteiger partial charge in [-0.05, 0) is 45.2 Å². The smallest absolute Gasteiger partial charge is 0.191 e. The summed E-state index contributed by atoms with van der Waals surface area (Å²) in [6.45, 7) is 8.09. The predicted molar refractivity (Wildman–Crippen MR) is 89.9 cm³/mol. The van der Waals surface area contributed by atoms with Crippen molar-refractivity contribution in [2.75, 3.05) is 53.5 Å². The number of hydrogen-bond donors (Lipinski definition) is 2. The number of hydrogen-bond acceptors (Lipinski definition) is 3. The van der Waals surface area contributed by atoms with Gasteiger partial charge in [0.1, 0.15) is 0 Å². The van der Waals surface area contributed by atoms with Crippen LogP contribution in [0, 0.1) is 5.92 Å². The zero-order valence-electron chi connectivity index (χ0n) is 14.2. The van der Waals surface area contributed by atoms with E-state index in [2.05, 4.69) is 34.5 Å². The lowest BCUT2D eigenvalue weighted by atomic mass is 10.3. The second-order valence-corrected chi connectivity index (χ2v) is 5.95. The van der Waals surface area contributed by atoms with Gasteiger partial charge in [-0.15, -0.1) is 0 Å². The average Bonchev–Trinajstić information content (AvgIpc) is 3.30. The molecule has 0 aromatic heterocycles. The van der Waals surface area contributed by atoms with Crippen LogP contribution in [0.15, 0.2) is 4.99 Å². The van der Waals surface area contributed by atoms with E-state index in [0.29, 0.717) is 0 Å². The van der Waals surface area contributed by atoms with Crippen molar-refractivity contribution >= 4 is 5.96 Å². The minimum Gasteiger partial charge on any atom is -0.381 e. The molecule has 0 aromatic rings. The topological polar surface area (TPSA) is 48.9 Å². The average molecular weight is 298 g/mol. The van der Waals surface area contributed by atoms with Crippen LogP contribution in [-0.2, 0) is 4.74 Å². The van der Waals surface area contributed by atoms with Crippen molar-refractivity contribution in [3.63, 3.8) is 0 Å². The van der Waals surface area contributed by atoms with E-state index >= 15 is 0 Å². The molecule has 1 rings (SSSR count). The Balaban J connectivity index is 1.92. The van der Waals surface area contributed by atoms with E-state index in [1.165, 1.54) is 32.2 Å². The van der Waals surface area contributed by atoms with Crippen molar-refractivity contribution in [1.82, 2.24) is 15.5 Å². The normalized spacial score (nSPS) is 15.5. The lowest BCUT2D eigenvalue weighted by Gasteiger charge is -2.18. The van der Waals surface area contributed by atoms with Gasteiger partial charge < -0.3 is 20.3 Å². The Bertz CT molecular complexity index is 279. The molecule has 1 fully saturated rings. The molecule has 1 saturated carbocycles. The molecule has 1 aliphatic rings. The summed E-state index contributed by atoms with van der Waals surface area (Å²) >= 11 is 0. The van der Waals surface area contributed by atoms with Crippen LogP contribution in [0.2, 0.25) is 0 Å². The second-order valence-electron chi connectivity index (χ2n) is 5.95. The zero-order chi connectivity index (χ0) is 15.3. The SMILES string of the molecule is CCCCN(C)CCNC(=NC)NCCCOCC1CC1. The van der Waals surface area contributed by atoms with Gasteiger partial charge in [0.05, 0.1) is 0 Å². The molecule has 0 atom stereocenters. The Morgan fingerprint density at radius 1 is 1.19 bits per heavy atom. The molecule has 0 unspecified atom stereocenters. The molecule has 21 heavy (non-hydrogen) atoms. The van der Waals surface area contributed by atoms with Crippen molar-refractivity contribution in [3.8, 4) is 0 Å². The van der Waals surface area contributed by atoms with E-state index < -0.39 is 0 Å². The van der Waals surface area contributed by atoms with E-state index in [0.717, 1.165) is 51.1 Å². The Labute approximate surface area is 130 Å². The van der Waals surface area contributed by atoms with Crippen LogP contribution < -0.4 is 10.6 Å². The van der Waals surface area contributed by atoms with Crippen molar-refractivity contribution < 1.29 is 4.74 Å². The first-order valence-electron chi connectivity index (χ1n) is 8.47. The second kappa shape index (κ2) is 11.8. The van der Waals surface area contributed by atoms with E-state index in [9.17, 15) is 0 Å². The highest BCUT2D eigenvalue weighted by Gasteiger charge is 2.20. The third kappa shape index (κ3) is 10.5. The number of likely N-dealkylation sites (N-methyl/N-ethyl adjacent to an activating group) is 1. The number of nitrogens with zero attached hydrogens (tertiary/aromatic N) is 2. The molecular formula is C16H34N4O. The minimum absolute atomic E-state index is 0.847. The van der Waals surface area contributed by atoms with Gasteiger partial charge in [0.15, 0.2) is 5.96 Å². The Morgan fingerprint density at radius 3 is 2.62 bits per heavy atom. The summed E-state index contributed by atoms with van der Waals surface area (Å²) in [5.41, 5.74) is 0. The molecule has 5 nitrogen and oxygen atoms in total. The standard InChI is InChI=1S/C16H34N4O/c1-4-5-11-20(3)12-10-19-16(17-2)18-9-6-13-21-14-15-7-8-15/h15H,4-14H2,1-3H3,(H2,17,18,19). The monoisotopic (exact) mass is 298 g/mol. The van der Waals surface area contributed by atoms with Gasteiger partial charge in [0, 0.05) is 39.9 Å². The highest BCUT2D eigenvalue weighted by atomic mass is 16.5. The van der Waals surface area contributed by atoms with Crippen molar-refractivity contribution in [1.29, 1.82) is 0 Å². The number of ether oxygens (including phenoxy) is 1. The summed E-state index contributed by atoms with van der Waals surface area (Å²) in [6.07, 6.45) is 6.28. The Hall–Kier alpha value is -0.810. The Morgan fingerprint density at radius 2 is 1.95 bits per heavy atom. The summed E-state index contributed by atoms with van der Waals surface area (Å²) < 4.78 is 5.62. The number of nitrogens with one attached hydrogen (secondary N) is 2. The van der Waals surface area contributed by atoms with Crippen molar-refractivity contribution in [2.24, 2.45) is 10.9 Å². The van der Waals surface area contributed by atoms with Crippen LogP contribution in [0.1, 0.15) is 39.0 Å². The highest BCUT2D eigenvalue weighted by molar-refractivity contribution is 5.79. The van der Waals surface area contributed by atoms with Crippen LogP contribution >= 0.6 is 0 Å². The molecule has 0 saturated heterocycles. The maximum atomic E-state index is 5.62. The number of rotatable bonds is 12. The molecular weight excluding hydrogens is 264 g/mol. The molecule has 0 heterocycles. The molecule has 0 radical (unpaired) electrons. The zero-order valence-corrected chi connectivity index (χ0v) is 14.2.